The zero-order valence-corrected chi connectivity index (χ0v) is 13.6. The Kier molecular flexibility index (Phi) is 6.52. The van der Waals surface area contributed by atoms with Crippen molar-refractivity contribution >= 4 is 0 Å². The van der Waals surface area contributed by atoms with Gasteiger partial charge in [-0.05, 0) is 75.9 Å². The Morgan fingerprint density at radius 1 is 1.24 bits per heavy atom. The van der Waals surface area contributed by atoms with Crippen LogP contribution >= 0.6 is 0 Å². The molecule has 0 radical (unpaired) electrons. The third kappa shape index (κ3) is 4.72. The highest BCUT2D eigenvalue weighted by atomic mass is 16.5. The number of nitrogens with zero attached hydrogens (tertiary/aromatic N) is 1. The molecule has 0 aromatic heterocycles. The number of piperidine rings is 1. The molecule has 3 nitrogen and oxygen atoms in total. The maximum absolute atomic E-state index is 5.67. The lowest BCUT2D eigenvalue weighted by atomic mass is 9.92. The van der Waals surface area contributed by atoms with Crippen LogP contribution in [0.5, 0.6) is 5.75 Å². The lowest BCUT2D eigenvalue weighted by molar-refractivity contribution is 0.138. The molecule has 1 fully saturated rings. The smallest absolute Gasteiger partial charge is 0.119 e. The minimum atomic E-state index is 0.490. The van der Waals surface area contributed by atoms with Gasteiger partial charge in [0.2, 0.25) is 0 Å². The summed E-state index contributed by atoms with van der Waals surface area (Å²) < 4.78 is 5.65. The number of rotatable bonds is 7. The van der Waals surface area contributed by atoms with E-state index >= 15 is 0 Å². The van der Waals surface area contributed by atoms with Gasteiger partial charge >= 0.3 is 0 Å². The third-order valence-electron chi connectivity index (χ3n) is 4.61. The SMILES string of the molecule is CCCOc1ccc(C(C)N2CCC(CCN)CC2)cc1. The molecule has 3 heteroatoms. The molecule has 0 bridgehead atoms. The van der Waals surface area contributed by atoms with Crippen LogP contribution in [0.2, 0.25) is 0 Å². The van der Waals surface area contributed by atoms with Gasteiger partial charge < -0.3 is 10.5 Å². The lowest BCUT2D eigenvalue weighted by Crippen LogP contribution is -2.36. The van der Waals surface area contributed by atoms with Crippen molar-refractivity contribution in [2.75, 3.05) is 26.2 Å². The molecule has 0 amide bonds. The van der Waals surface area contributed by atoms with Crippen molar-refractivity contribution in [2.45, 2.75) is 45.6 Å². The van der Waals surface area contributed by atoms with Crippen LogP contribution in [0.15, 0.2) is 24.3 Å². The van der Waals surface area contributed by atoms with Crippen LogP contribution in [0.25, 0.3) is 0 Å². The highest BCUT2D eigenvalue weighted by Crippen LogP contribution is 2.28. The molecule has 1 heterocycles. The van der Waals surface area contributed by atoms with Gasteiger partial charge in [0, 0.05) is 6.04 Å². The van der Waals surface area contributed by atoms with Gasteiger partial charge in [-0.2, -0.15) is 0 Å². The van der Waals surface area contributed by atoms with Crippen molar-refractivity contribution in [3.05, 3.63) is 29.8 Å². The van der Waals surface area contributed by atoms with Crippen LogP contribution in [0.3, 0.4) is 0 Å². The summed E-state index contributed by atoms with van der Waals surface area (Å²) in [5.41, 5.74) is 7.05. The number of hydrogen-bond donors (Lipinski definition) is 1. The second-order valence-corrected chi connectivity index (χ2v) is 6.15. The summed E-state index contributed by atoms with van der Waals surface area (Å²) in [6.07, 6.45) is 4.82. The monoisotopic (exact) mass is 290 g/mol. The Morgan fingerprint density at radius 2 is 1.90 bits per heavy atom. The fourth-order valence-electron chi connectivity index (χ4n) is 3.14. The van der Waals surface area contributed by atoms with Crippen molar-refractivity contribution in [2.24, 2.45) is 11.7 Å². The Morgan fingerprint density at radius 3 is 2.48 bits per heavy atom. The summed E-state index contributed by atoms with van der Waals surface area (Å²) in [7, 11) is 0. The summed E-state index contributed by atoms with van der Waals surface area (Å²) >= 11 is 0. The molecule has 0 saturated carbocycles. The third-order valence-corrected chi connectivity index (χ3v) is 4.61. The van der Waals surface area contributed by atoms with Crippen LogP contribution in [0.4, 0.5) is 0 Å². The predicted molar refractivity (Wildman–Crippen MR) is 88.6 cm³/mol. The van der Waals surface area contributed by atoms with E-state index in [0.717, 1.165) is 31.2 Å². The molecule has 1 saturated heterocycles. The molecule has 1 unspecified atom stereocenters. The van der Waals surface area contributed by atoms with E-state index in [1.165, 1.54) is 37.9 Å². The van der Waals surface area contributed by atoms with Gasteiger partial charge in [0.15, 0.2) is 0 Å². The van der Waals surface area contributed by atoms with Gasteiger partial charge in [0.25, 0.3) is 0 Å². The molecular formula is C18H30N2O. The zero-order valence-electron chi connectivity index (χ0n) is 13.6. The van der Waals surface area contributed by atoms with Crippen molar-refractivity contribution in [1.29, 1.82) is 0 Å². The van der Waals surface area contributed by atoms with Gasteiger partial charge in [-0.25, -0.2) is 0 Å². The average molecular weight is 290 g/mol. The van der Waals surface area contributed by atoms with Crippen LogP contribution < -0.4 is 10.5 Å². The standard InChI is InChI=1S/C18H30N2O/c1-3-14-21-18-6-4-17(5-7-18)15(2)20-12-9-16(8-11-19)10-13-20/h4-7,15-16H,3,8-14,19H2,1-2H3. The van der Waals surface area contributed by atoms with Crippen molar-refractivity contribution < 1.29 is 4.74 Å². The Hall–Kier alpha value is -1.06. The number of hydrogen-bond acceptors (Lipinski definition) is 3. The van der Waals surface area contributed by atoms with Gasteiger partial charge in [-0.15, -0.1) is 0 Å². The summed E-state index contributed by atoms with van der Waals surface area (Å²) in [5, 5.41) is 0. The van der Waals surface area contributed by atoms with Gasteiger partial charge in [-0.1, -0.05) is 19.1 Å². The predicted octanol–water partition coefficient (Wildman–Crippen LogP) is 3.60. The van der Waals surface area contributed by atoms with Crippen molar-refractivity contribution in [3.63, 3.8) is 0 Å². The van der Waals surface area contributed by atoms with Crippen molar-refractivity contribution in [3.8, 4) is 5.75 Å². The van der Waals surface area contributed by atoms with Crippen LogP contribution in [0.1, 0.15) is 51.1 Å². The van der Waals surface area contributed by atoms with Crippen LogP contribution in [-0.2, 0) is 0 Å². The molecule has 0 aliphatic carbocycles. The average Bonchev–Trinajstić information content (AvgIpc) is 2.54. The van der Waals surface area contributed by atoms with E-state index in [9.17, 15) is 0 Å². The first-order valence-electron chi connectivity index (χ1n) is 8.41. The minimum absolute atomic E-state index is 0.490. The van der Waals surface area contributed by atoms with Gasteiger partial charge in [0.05, 0.1) is 6.61 Å². The first kappa shape index (κ1) is 16.3. The lowest BCUT2D eigenvalue weighted by Gasteiger charge is -2.36. The molecule has 1 atom stereocenters. The quantitative estimate of drug-likeness (QED) is 0.834. The second kappa shape index (κ2) is 8.40. The number of likely N-dealkylation sites (tertiary alicyclic amines) is 1. The fraction of sp³-hybridized carbons (Fsp3) is 0.667. The molecule has 118 valence electrons. The molecule has 21 heavy (non-hydrogen) atoms. The van der Waals surface area contributed by atoms with E-state index in [2.05, 4.69) is 43.0 Å². The maximum Gasteiger partial charge on any atom is 0.119 e. The van der Waals surface area contributed by atoms with E-state index in [1.807, 2.05) is 0 Å². The Balaban J connectivity index is 1.87. The number of ether oxygens (including phenoxy) is 1. The number of benzene rings is 1. The molecule has 1 aromatic rings. The molecule has 1 aliphatic heterocycles. The minimum Gasteiger partial charge on any atom is -0.494 e. The van der Waals surface area contributed by atoms with Gasteiger partial charge in [0.1, 0.15) is 5.75 Å². The van der Waals surface area contributed by atoms with Crippen LogP contribution in [0, 0.1) is 5.92 Å². The van der Waals surface area contributed by atoms with E-state index in [0.29, 0.717) is 6.04 Å². The van der Waals surface area contributed by atoms with E-state index in [1.54, 1.807) is 0 Å². The normalized spacial score (nSPS) is 18.6. The first-order chi connectivity index (χ1) is 10.2. The Bertz CT molecular complexity index is 396. The molecular weight excluding hydrogens is 260 g/mol. The molecule has 0 spiro atoms. The van der Waals surface area contributed by atoms with E-state index in [-0.39, 0.29) is 0 Å². The summed E-state index contributed by atoms with van der Waals surface area (Å²) in [6.45, 7) is 8.46. The fourth-order valence-corrected chi connectivity index (χ4v) is 3.14. The molecule has 2 N–H and O–H groups in total. The number of nitrogens with two attached hydrogens (primary N) is 1. The summed E-state index contributed by atoms with van der Waals surface area (Å²) in [6, 6.07) is 9.11. The maximum atomic E-state index is 5.67. The molecule has 1 aromatic carbocycles. The van der Waals surface area contributed by atoms with Crippen LogP contribution in [-0.4, -0.2) is 31.1 Å². The molecule has 1 aliphatic rings. The summed E-state index contributed by atoms with van der Waals surface area (Å²) in [5.74, 6) is 1.82. The first-order valence-corrected chi connectivity index (χ1v) is 8.41. The highest BCUT2D eigenvalue weighted by molar-refractivity contribution is 5.29. The topological polar surface area (TPSA) is 38.5 Å². The zero-order chi connectivity index (χ0) is 15.1. The highest BCUT2D eigenvalue weighted by Gasteiger charge is 2.22. The van der Waals surface area contributed by atoms with Crippen molar-refractivity contribution in [1.82, 2.24) is 4.90 Å². The van der Waals surface area contributed by atoms with E-state index in [4.69, 9.17) is 10.5 Å². The molecule has 2 rings (SSSR count). The van der Waals surface area contributed by atoms with E-state index < -0.39 is 0 Å². The second-order valence-electron chi connectivity index (χ2n) is 6.15. The Labute approximate surface area is 129 Å². The summed E-state index contributed by atoms with van der Waals surface area (Å²) in [4.78, 5) is 2.59. The largest absolute Gasteiger partial charge is 0.494 e. The van der Waals surface area contributed by atoms with Gasteiger partial charge in [-0.3, -0.25) is 4.90 Å².